The van der Waals surface area contributed by atoms with Gasteiger partial charge in [-0.05, 0) is 54.4 Å². The SMILES string of the molecule is CC1CCN(CCNc2nc[nH]c(=O)c2I)CC1. The van der Waals surface area contributed by atoms with Crippen LogP contribution < -0.4 is 10.9 Å². The molecule has 100 valence electrons. The Bertz CT molecular complexity index is 440. The van der Waals surface area contributed by atoms with Crippen LogP contribution in [0.3, 0.4) is 0 Å². The van der Waals surface area contributed by atoms with E-state index in [-0.39, 0.29) is 5.56 Å². The molecule has 0 unspecified atom stereocenters. The van der Waals surface area contributed by atoms with Gasteiger partial charge in [0.25, 0.3) is 5.56 Å². The smallest absolute Gasteiger partial charge is 0.266 e. The van der Waals surface area contributed by atoms with Crippen molar-refractivity contribution >= 4 is 28.4 Å². The molecule has 1 fully saturated rings. The van der Waals surface area contributed by atoms with Gasteiger partial charge in [-0.15, -0.1) is 0 Å². The van der Waals surface area contributed by atoms with Gasteiger partial charge < -0.3 is 15.2 Å². The lowest BCUT2D eigenvalue weighted by atomic mass is 9.99. The molecule has 0 atom stereocenters. The highest BCUT2D eigenvalue weighted by molar-refractivity contribution is 14.1. The molecule has 0 bridgehead atoms. The molecule has 1 aromatic heterocycles. The number of likely N-dealkylation sites (tertiary alicyclic amines) is 1. The van der Waals surface area contributed by atoms with Gasteiger partial charge in [-0.25, -0.2) is 4.98 Å². The van der Waals surface area contributed by atoms with Gasteiger partial charge in [-0.1, -0.05) is 6.92 Å². The van der Waals surface area contributed by atoms with Crippen LogP contribution in [0, 0.1) is 9.49 Å². The van der Waals surface area contributed by atoms with Gasteiger partial charge in [0.2, 0.25) is 0 Å². The quantitative estimate of drug-likeness (QED) is 0.798. The predicted molar refractivity (Wildman–Crippen MR) is 80.9 cm³/mol. The van der Waals surface area contributed by atoms with Crippen LogP contribution in [-0.2, 0) is 0 Å². The van der Waals surface area contributed by atoms with Gasteiger partial charge in [-0.2, -0.15) is 0 Å². The number of hydrogen-bond donors (Lipinski definition) is 2. The maximum atomic E-state index is 11.4. The van der Waals surface area contributed by atoms with E-state index in [1.54, 1.807) is 0 Å². The van der Waals surface area contributed by atoms with Gasteiger partial charge >= 0.3 is 0 Å². The van der Waals surface area contributed by atoms with E-state index in [2.05, 4.69) is 27.1 Å². The highest BCUT2D eigenvalue weighted by Gasteiger charge is 2.15. The second-order valence-corrected chi connectivity index (χ2v) is 5.92. The van der Waals surface area contributed by atoms with Crippen LogP contribution in [0.4, 0.5) is 5.82 Å². The zero-order valence-corrected chi connectivity index (χ0v) is 12.7. The standard InChI is InChI=1S/C12H19IN4O/c1-9-2-5-17(6-3-9)7-4-14-11-10(13)12(18)16-8-15-11/h8-9H,2-7H2,1H3,(H2,14,15,16,18). The Balaban J connectivity index is 1.78. The molecule has 0 amide bonds. The minimum absolute atomic E-state index is 0.0834. The van der Waals surface area contributed by atoms with Crippen molar-refractivity contribution < 1.29 is 0 Å². The van der Waals surface area contributed by atoms with Crippen LogP contribution in [0.15, 0.2) is 11.1 Å². The first-order chi connectivity index (χ1) is 8.66. The number of piperidine rings is 1. The van der Waals surface area contributed by atoms with Gasteiger partial charge in [0.1, 0.15) is 9.39 Å². The molecular weight excluding hydrogens is 343 g/mol. The number of aromatic amines is 1. The first-order valence-corrected chi connectivity index (χ1v) is 7.44. The number of aromatic nitrogens is 2. The first-order valence-electron chi connectivity index (χ1n) is 6.36. The molecule has 0 radical (unpaired) electrons. The topological polar surface area (TPSA) is 61.0 Å². The van der Waals surface area contributed by atoms with E-state index in [4.69, 9.17) is 0 Å². The van der Waals surface area contributed by atoms with Crippen LogP contribution >= 0.6 is 22.6 Å². The number of nitrogens with one attached hydrogen (secondary N) is 2. The summed E-state index contributed by atoms with van der Waals surface area (Å²) in [5.74, 6) is 1.55. The lowest BCUT2D eigenvalue weighted by Gasteiger charge is -2.30. The van der Waals surface area contributed by atoms with E-state index in [0.717, 1.165) is 19.0 Å². The van der Waals surface area contributed by atoms with Crippen molar-refractivity contribution in [1.29, 1.82) is 0 Å². The third-order valence-electron chi connectivity index (χ3n) is 3.39. The summed E-state index contributed by atoms with van der Waals surface area (Å²) >= 11 is 2.02. The molecule has 0 spiro atoms. The molecule has 18 heavy (non-hydrogen) atoms. The molecule has 2 N–H and O–H groups in total. The highest BCUT2D eigenvalue weighted by Crippen LogP contribution is 2.15. The summed E-state index contributed by atoms with van der Waals surface area (Å²) in [6.07, 6.45) is 4.02. The third kappa shape index (κ3) is 3.68. The van der Waals surface area contributed by atoms with Gasteiger partial charge in [0, 0.05) is 13.1 Å². The molecule has 1 aliphatic heterocycles. The fourth-order valence-electron chi connectivity index (χ4n) is 2.12. The van der Waals surface area contributed by atoms with Crippen molar-refractivity contribution in [3.63, 3.8) is 0 Å². The molecule has 5 nitrogen and oxygen atoms in total. The van der Waals surface area contributed by atoms with Crippen molar-refractivity contribution in [2.75, 3.05) is 31.5 Å². The van der Waals surface area contributed by atoms with E-state index in [0.29, 0.717) is 9.39 Å². The Labute approximate surface area is 121 Å². The van der Waals surface area contributed by atoms with Crippen molar-refractivity contribution in [3.05, 3.63) is 20.3 Å². The Morgan fingerprint density at radius 1 is 1.56 bits per heavy atom. The molecule has 2 rings (SSSR count). The molecule has 0 saturated carbocycles. The predicted octanol–water partition coefficient (Wildman–Crippen LogP) is 1.52. The lowest BCUT2D eigenvalue weighted by Crippen LogP contribution is -2.36. The largest absolute Gasteiger partial charge is 0.368 e. The van der Waals surface area contributed by atoms with E-state index >= 15 is 0 Å². The number of H-pyrrole nitrogens is 1. The Hall–Kier alpha value is -0.630. The van der Waals surface area contributed by atoms with Crippen LogP contribution in [0.5, 0.6) is 0 Å². The third-order valence-corrected chi connectivity index (χ3v) is 4.39. The van der Waals surface area contributed by atoms with Crippen LogP contribution in [-0.4, -0.2) is 41.0 Å². The number of rotatable bonds is 4. The minimum Gasteiger partial charge on any atom is -0.368 e. The lowest BCUT2D eigenvalue weighted by molar-refractivity contribution is 0.199. The fourth-order valence-corrected chi connectivity index (χ4v) is 2.61. The molecule has 1 aliphatic rings. The number of anilines is 1. The molecule has 0 aromatic carbocycles. The Kier molecular flexibility index (Phi) is 4.99. The van der Waals surface area contributed by atoms with Gasteiger partial charge in [0.15, 0.2) is 0 Å². The van der Waals surface area contributed by atoms with E-state index < -0.39 is 0 Å². The fraction of sp³-hybridized carbons (Fsp3) is 0.667. The maximum absolute atomic E-state index is 11.4. The second-order valence-electron chi connectivity index (χ2n) is 4.85. The number of halogens is 1. The molecule has 2 heterocycles. The summed E-state index contributed by atoms with van der Waals surface area (Å²) in [6.45, 7) is 6.53. The zero-order chi connectivity index (χ0) is 13.0. The number of nitrogens with zero attached hydrogens (tertiary/aromatic N) is 2. The average molecular weight is 362 g/mol. The molecule has 0 aliphatic carbocycles. The highest BCUT2D eigenvalue weighted by atomic mass is 127. The van der Waals surface area contributed by atoms with Gasteiger partial charge in [0.05, 0.1) is 6.33 Å². The summed E-state index contributed by atoms with van der Waals surface area (Å²) < 4.78 is 0.627. The zero-order valence-electron chi connectivity index (χ0n) is 10.6. The van der Waals surface area contributed by atoms with E-state index in [1.807, 2.05) is 22.6 Å². The van der Waals surface area contributed by atoms with Gasteiger partial charge in [-0.3, -0.25) is 4.79 Å². The van der Waals surface area contributed by atoms with Crippen molar-refractivity contribution in [1.82, 2.24) is 14.9 Å². The molecule has 1 saturated heterocycles. The summed E-state index contributed by atoms with van der Waals surface area (Å²) in [6, 6.07) is 0. The van der Waals surface area contributed by atoms with Crippen LogP contribution in [0.2, 0.25) is 0 Å². The monoisotopic (exact) mass is 362 g/mol. The summed E-state index contributed by atoms with van der Waals surface area (Å²) in [5.41, 5.74) is -0.0834. The molecule has 1 aromatic rings. The second kappa shape index (κ2) is 6.51. The van der Waals surface area contributed by atoms with E-state index in [9.17, 15) is 4.79 Å². The normalized spacial score (nSPS) is 17.9. The Morgan fingerprint density at radius 3 is 3.00 bits per heavy atom. The molecule has 6 heteroatoms. The first kappa shape index (κ1) is 13.8. The number of hydrogen-bond acceptors (Lipinski definition) is 4. The molecular formula is C12H19IN4O. The van der Waals surface area contributed by atoms with Crippen molar-refractivity contribution in [2.45, 2.75) is 19.8 Å². The summed E-state index contributed by atoms with van der Waals surface area (Å²) in [7, 11) is 0. The van der Waals surface area contributed by atoms with Crippen molar-refractivity contribution in [2.24, 2.45) is 5.92 Å². The van der Waals surface area contributed by atoms with Crippen molar-refractivity contribution in [3.8, 4) is 0 Å². The van der Waals surface area contributed by atoms with Crippen LogP contribution in [0.1, 0.15) is 19.8 Å². The summed E-state index contributed by atoms with van der Waals surface area (Å²) in [5, 5.41) is 3.23. The maximum Gasteiger partial charge on any atom is 0.266 e. The Morgan fingerprint density at radius 2 is 2.28 bits per heavy atom. The minimum atomic E-state index is -0.0834. The van der Waals surface area contributed by atoms with Crippen LogP contribution in [0.25, 0.3) is 0 Å². The summed E-state index contributed by atoms with van der Waals surface area (Å²) in [4.78, 5) is 20.6. The van der Waals surface area contributed by atoms with E-state index in [1.165, 1.54) is 32.3 Å². The average Bonchev–Trinajstić information content (AvgIpc) is 2.37.